The summed E-state index contributed by atoms with van der Waals surface area (Å²) in [5.41, 5.74) is 0. The van der Waals surface area contributed by atoms with Gasteiger partial charge in [0.25, 0.3) is 0 Å². The van der Waals surface area contributed by atoms with E-state index in [1.165, 1.54) is 70.6 Å². The molecule has 1 N–H and O–H groups in total. The van der Waals surface area contributed by atoms with Gasteiger partial charge in [-0.1, -0.05) is 70.4 Å². The van der Waals surface area contributed by atoms with Crippen LogP contribution < -0.4 is 51.4 Å². The van der Waals surface area contributed by atoms with E-state index in [-0.39, 0.29) is 52.8 Å². The largest absolute Gasteiger partial charge is 1.00 e. The Balaban J connectivity index is -0.00000180. The molecule has 0 atom stereocenters. The van der Waals surface area contributed by atoms with E-state index >= 15 is 0 Å². The van der Waals surface area contributed by atoms with Gasteiger partial charge in [-0.3, -0.25) is 4.79 Å². The molecule has 0 aromatic rings. The van der Waals surface area contributed by atoms with Crippen molar-refractivity contribution in [1.82, 2.24) is 0 Å². The number of carboxylic acids is 1. The van der Waals surface area contributed by atoms with Crippen LogP contribution in [0.3, 0.4) is 0 Å². The number of rotatable bonds is 15. The van der Waals surface area contributed by atoms with Gasteiger partial charge in [0.2, 0.25) is 0 Å². The van der Waals surface area contributed by atoms with Crippen LogP contribution in [0.25, 0.3) is 0 Å². The quantitative estimate of drug-likeness (QED) is 0.285. The molecule has 0 rings (SSSR count). The number of aliphatic carboxylic acids is 1. The number of carbonyl (C=O) groups is 1. The van der Waals surface area contributed by atoms with E-state index in [1.807, 2.05) is 0 Å². The molecular weight excluding hydrogens is 287 g/mol. The van der Waals surface area contributed by atoms with Gasteiger partial charge in [-0.15, -0.1) is 0 Å². The molecule has 0 aliphatic carbocycles. The van der Waals surface area contributed by atoms with Crippen LogP contribution in [0.2, 0.25) is 0 Å². The molecule has 0 fully saturated rings. The van der Waals surface area contributed by atoms with Crippen molar-refractivity contribution >= 4 is 5.97 Å². The summed E-state index contributed by atoms with van der Waals surface area (Å²) < 4.78 is 0. The minimum atomic E-state index is -0.664. The third-order valence-corrected chi connectivity index (χ3v) is 3.65. The first-order valence-electron chi connectivity index (χ1n) is 8.64. The van der Waals surface area contributed by atoms with E-state index in [4.69, 9.17) is 5.11 Å². The number of hydrogen-bond acceptors (Lipinski definition) is 1. The third-order valence-electron chi connectivity index (χ3n) is 3.65. The summed E-state index contributed by atoms with van der Waals surface area (Å²) in [6.07, 6.45) is 21.2. The van der Waals surface area contributed by atoms with Crippen LogP contribution in [0.5, 0.6) is 0 Å². The number of unbranched alkanes of at least 4 members (excludes halogenated alkanes) is 11. The fourth-order valence-electron chi connectivity index (χ4n) is 2.35. The molecule has 0 bridgehead atoms. The fraction of sp³-hybridized carbons (Fsp3) is 0.833. The zero-order chi connectivity index (χ0) is 14.9. The molecule has 0 amide bonds. The van der Waals surface area contributed by atoms with E-state index in [0.717, 1.165) is 12.8 Å². The van der Waals surface area contributed by atoms with Crippen LogP contribution in [0.1, 0.15) is 98.2 Å². The SMILES string of the molecule is CCCCCCCC/C=C\CCCCCCCC(=O)O.[H-].[K+]. The maximum atomic E-state index is 10.3. The van der Waals surface area contributed by atoms with Crippen LogP contribution >= 0.6 is 0 Å². The number of carboxylic acid groups (broad SMARTS) is 1. The third kappa shape index (κ3) is 23.2. The van der Waals surface area contributed by atoms with Crippen molar-refractivity contribution in [2.45, 2.75) is 96.8 Å². The van der Waals surface area contributed by atoms with Crippen molar-refractivity contribution in [2.24, 2.45) is 0 Å². The van der Waals surface area contributed by atoms with Gasteiger partial charge in [-0.2, -0.15) is 0 Å². The first-order chi connectivity index (χ1) is 9.77. The Morgan fingerprint density at radius 3 is 1.71 bits per heavy atom. The zero-order valence-electron chi connectivity index (χ0n) is 15.4. The summed E-state index contributed by atoms with van der Waals surface area (Å²) in [7, 11) is 0. The Labute approximate surface area is 176 Å². The second-order valence-electron chi connectivity index (χ2n) is 5.73. The van der Waals surface area contributed by atoms with Gasteiger partial charge in [0, 0.05) is 6.42 Å². The predicted molar refractivity (Wildman–Crippen MR) is 88.2 cm³/mol. The average Bonchev–Trinajstić information content (AvgIpc) is 2.43. The van der Waals surface area contributed by atoms with Crippen LogP contribution in [0.4, 0.5) is 0 Å². The summed E-state index contributed by atoms with van der Waals surface area (Å²) in [4.78, 5) is 10.3. The Morgan fingerprint density at radius 2 is 1.24 bits per heavy atom. The molecule has 0 heterocycles. The van der Waals surface area contributed by atoms with Crippen molar-refractivity contribution in [2.75, 3.05) is 0 Å². The molecular formula is C18H35KO2. The van der Waals surface area contributed by atoms with Gasteiger partial charge in [-0.05, 0) is 32.1 Å². The Kier molecular flexibility index (Phi) is 23.9. The van der Waals surface area contributed by atoms with Crippen LogP contribution in [0.15, 0.2) is 12.2 Å². The number of hydrogen-bond donors (Lipinski definition) is 1. The molecule has 0 spiro atoms. The van der Waals surface area contributed by atoms with E-state index < -0.39 is 5.97 Å². The molecule has 3 heteroatoms. The van der Waals surface area contributed by atoms with Gasteiger partial charge < -0.3 is 6.53 Å². The second-order valence-corrected chi connectivity index (χ2v) is 5.73. The molecule has 0 aliphatic rings. The Morgan fingerprint density at radius 1 is 0.810 bits per heavy atom. The fourth-order valence-corrected chi connectivity index (χ4v) is 2.35. The van der Waals surface area contributed by atoms with Crippen molar-refractivity contribution < 1.29 is 62.7 Å². The Bertz CT molecular complexity index is 245. The molecule has 2 nitrogen and oxygen atoms in total. The zero-order valence-corrected chi connectivity index (χ0v) is 17.5. The van der Waals surface area contributed by atoms with Gasteiger partial charge in [0.15, 0.2) is 0 Å². The molecule has 21 heavy (non-hydrogen) atoms. The van der Waals surface area contributed by atoms with Crippen LogP contribution in [-0.2, 0) is 4.79 Å². The van der Waals surface area contributed by atoms with Crippen molar-refractivity contribution in [3.8, 4) is 0 Å². The van der Waals surface area contributed by atoms with E-state index in [2.05, 4.69) is 19.1 Å². The summed E-state index contributed by atoms with van der Waals surface area (Å²) in [5, 5.41) is 8.51. The van der Waals surface area contributed by atoms with Crippen molar-refractivity contribution in [3.63, 3.8) is 0 Å². The first-order valence-corrected chi connectivity index (χ1v) is 8.64. The molecule has 120 valence electrons. The predicted octanol–water partition coefficient (Wildman–Crippen LogP) is 3.23. The minimum absolute atomic E-state index is 0. The molecule has 0 aliphatic heterocycles. The topological polar surface area (TPSA) is 37.3 Å². The van der Waals surface area contributed by atoms with Crippen molar-refractivity contribution in [3.05, 3.63) is 12.2 Å². The van der Waals surface area contributed by atoms with E-state index in [9.17, 15) is 4.79 Å². The van der Waals surface area contributed by atoms with Crippen molar-refractivity contribution in [1.29, 1.82) is 0 Å². The number of allylic oxidation sites excluding steroid dienone is 2. The van der Waals surface area contributed by atoms with Gasteiger partial charge in [0.05, 0.1) is 0 Å². The van der Waals surface area contributed by atoms with Gasteiger partial charge >= 0.3 is 57.4 Å². The average molecular weight is 323 g/mol. The monoisotopic (exact) mass is 322 g/mol. The normalized spacial score (nSPS) is 10.7. The second kappa shape index (κ2) is 20.8. The summed E-state index contributed by atoms with van der Waals surface area (Å²) in [6, 6.07) is 0. The van der Waals surface area contributed by atoms with E-state index in [1.54, 1.807) is 0 Å². The van der Waals surface area contributed by atoms with Crippen LogP contribution in [0, 0.1) is 0 Å². The molecule has 0 aromatic carbocycles. The van der Waals surface area contributed by atoms with Crippen LogP contribution in [-0.4, -0.2) is 11.1 Å². The molecule has 0 unspecified atom stereocenters. The molecule has 0 aromatic heterocycles. The first kappa shape index (κ1) is 24.1. The van der Waals surface area contributed by atoms with Gasteiger partial charge in [0.1, 0.15) is 0 Å². The summed E-state index contributed by atoms with van der Waals surface area (Å²) in [6.45, 7) is 2.26. The molecule has 0 radical (unpaired) electrons. The standard InChI is InChI=1S/C18H34O2.K.H/c1-2-3-4-5-6-7-8-9-10-11-12-13-14-15-16-17-18(19)20;;/h9-10H,2-8,11-17H2,1H3,(H,19,20);;/q;+1;-1/b10-9-;;. The Hall–Kier alpha value is 0.846. The smallest absolute Gasteiger partial charge is 1.00 e. The summed E-state index contributed by atoms with van der Waals surface area (Å²) in [5.74, 6) is -0.664. The maximum Gasteiger partial charge on any atom is 1.00 e. The van der Waals surface area contributed by atoms with Gasteiger partial charge in [-0.25, -0.2) is 0 Å². The summed E-state index contributed by atoms with van der Waals surface area (Å²) >= 11 is 0. The minimum Gasteiger partial charge on any atom is -1.00 e. The maximum absolute atomic E-state index is 10.3. The van der Waals surface area contributed by atoms with E-state index in [0.29, 0.717) is 6.42 Å². The molecule has 0 saturated heterocycles. The molecule has 0 saturated carbocycles.